The number of benzene rings is 2. The zero-order chi connectivity index (χ0) is 19.9. The van der Waals surface area contributed by atoms with E-state index < -0.39 is 12.1 Å². The van der Waals surface area contributed by atoms with Gasteiger partial charge in [-0.15, -0.1) is 0 Å². The van der Waals surface area contributed by atoms with Gasteiger partial charge >= 0.3 is 5.97 Å². The van der Waals surface area contributed by atoms with Crippen LogP contribution in [0, 0.1) is 0 Å². The number of nitrogens with one attached hydrogen (secondary N) is 1. The van der Waals surface area contributed by atoms with Gasteiger partial charge in [0.05, 0.1) is 0 Å². The van der Waals surface area contributed by atoms with Gasteiger partial charge in [-0.1, -0.05) is 45.0 Å². The second-order valence-electron chi connectivity index (χ2n) is 7.71. The minimum atomic E-state index is -0.798. The van der Waals surface area contributed by atoms with Crippen molar-refractivity contribution in [2.24, 2.45) is 0 Å². The lowest BCUT2D eigenvalue weighted by molar-refractivity contribution is -0.136. The van der Waals surface area contributed by atoms with E-state index >= 15 is 0 Å². The lowest BCUT2D eigenvalue weighted by Gasteiger charge is -2.19. The molecule has 5 nitrogen and oxygen atoms in total. The molecule has 146 valence electrons. The first-order valence-electron chi connectivity index (χ1n) is 9.20. The number of rotatable bonds is 9. The Morgan fingerprint density at radius 1 is 1.07 bits per heavy atom. The van der Waals surface area contributed by atoms with Gasteiger partial charge in [0.25, 0.3) is 0 Å². The van der Waals surface area contributed by atoms with Crippen LogP contribution in [0.2, 0.25) is 0 Å². The maximum atomic E-state index is 10.6. The Balaban J connectivity index is 1.74. The summed E-state index contributed by atoms with van der Waals surface area (Å²) in [7, 11) is 0. The molecule has 2 rings (SSSR count). The zero-order valence-corrected chi connectivity index (χ0v) is 16.2. The maximum absolute atomic E-state index is 10.6. The molecule has 5 heteroatoms. The van der Waals surface area contributed by atoms with Crippen LogP contribution in [0.25, 0.3) is 0 Å². The van der Waals surface area contributed by atoms with E-state index in [-0.39, 0.29) is 18.4 Å². The van der Waals surface area contributed by atoms with Gasteiger partial charge < -0.3 is 20.3 Å². The summed E-state index contributed by atoms with van der Waals surface area (Å²) in [6, 6.07) is 15.5. The van der Waals surface area contributed by atoms with Crippen LogP contribution < -0.4 is 10.1 Å². The lowest BCUT2D eigenvalue weighted by Crippen LogP contribution is -2.26. The van der Waals surface area contributed by atoms with E-state index in [9.17, 15) is 9.90 Å². The van der Waals surface area contributed by atoms with Crippen molar-refractivity contribution in [1.29, 1.82) is 0 Å². The van der Waals surface area contributed by atoms with E-state index in [1.165, 1.54) is 5.56 Å². The summed E-state index contributed by atoms with van der Waals surface area (Å²) in [5.74, 6) is -0.0572. The van der Waals surface area contributed by atoms with Gasteiger partial charge in [-0.3, -0.25) is 4.79 Å². The molecule has 1 unspecified atom stereocenters. The highest BCUT2D eigenvalue weighted by atomic mass is 16.5. The minimum absolute atomic E-state index is 0.102. The molecular weight excluding hydrogens is 342 g/mol. The van der Waals surface area contributed by atoms with Crippen LogP contribution in [0.4, 0.5) is 5.69 Å². The summed E-state index contributed by atoms with van der Waals surface area (Å²) in [4.78, 5) is 10.6. The van der Waals surface area contributed by atoms with Gasteiger partial charge in [0.2, 0.25) is 0 Å². The molecule has 0 aliphatic carbocycles. The van der Waals surface area contributed by atoms with E-state index in [1.54, 1.807) is 0 Å². The van der Waals surface area contributed by atoms with Gasteiger partial charge in [0.15, 0.2) is 0 Å². The smallest absolute Gasteiger partial charge is 0.303 e. The van der Waals surface area contributed by atoms with Crippen molar-refractivity contribution in [3.8, 4) is 5.75 Å². The highest BCUT2D eigenvalue weighted by molar-refractivity contribution is 5.67. The molecule has 0 radical (unpaired) electrons. The molecule has 0 heterocycles. The van der Waals surface area contributed by atoms with E-state index in [4.69, 9.17) is 9.84 Å². The van der Waals surface area contributed by atoms with Crippen molar-refractivity contribution in [2.45, 2.75) is 45.1 Å². The normalized spacial score (nSPS) is 12.4. The second-order valence-corrected chi connectivity index (χ2v) is 7.71. The molecule has 2 aromatic carbocycles. The molecule has 2 aromatic rings. The topological polar surface area (TPSA) is 78.8 Å². The summed E-state index contributed by atoms with van der Waals surface area (Å²) >= 11 is 0. The van der Waals surface area contributed by atoms with Crippen molar-refractivity contribution in [2.75, 3.05) is 18.5 Å². The Labute approximate surface area is 161 Å². The summed E-state index contributed by atoms with van der Waals surface area (Å²) in [5, 5.41) is 22.0. The third kappa shape index (κ3) is 7.31. The predicted octanol–water partition coefficient (Wildman–Crippen LogP) is 3.85. The van der Waals surface area contributed by atoms with Crippen molar-refractivity contribution >= 4 is 11.7 Å². The second kappa shape index (κ2) is 9.42. The van der Waals surface area contributed by atoms with Crippen LogP contribution >= 0.6 is 0 Å². The standard InChI is InChI=1S/C22H29NO4/c1-22(2,3)17-7-11-20(12-8-17)27-15-19(24)14-23-18-9-4-16(5-10-18)6-13-21(25)26/h4-5,7-12,19,23-24H,6,13-15H2,1-3H3,(H,25,26). The molecule has 3 N–H and O–H groups in total. The van der Waals surface area contributed by atoms with Gasteiger partial charge in [-0.25, -0.2) is 0 Å². The quantitative estimate of drug-likeness (QED) is 0.624. The van der Waals surface area contributed by atoms with Crippen molar-refractivity contribution in [3.63, 3.8) is 0 Å². The Kier molecular flexibility index (Phi) is 7.25. The molecule has 0 aromatic heterocycles. The van der Waals surface area contributed by atoms with E-state index in [2.05, 4.69) is 26.1 Å². The average molecular weight is 371 g/mol. The van der Waals surface area contributed by atoms with Gasteiger partial charge in [-0.05, 0) is 47.2 Å². The minimum Gasteiger partial charge on any atom is -0.491 e. The average Bonchev–Trinajstić information content (AvgIpc) is 2.63. The van der Waals surface area contributed by atoms with E-state index in [0.29, 0.717) is 13.0 Å². The van der Waals surface area contributed by atoms with Crippen LogP contribution in [0.15, 0.2) is 48.5 Å². The summed E-state index contributed by atoms with van der Waals surface area (Å²) < 4.78 is 5.65. The fourth-order valence-corrected chi connectivity index (χ4v) is 2.58. The molecular formula is C22H29NO4. The first kappa shape index (κ1) is 20.8. The SMILES string of the molecule is CC(C)(C)c1ccc(OCC(O)CNc2ccc(CCC(=O)O)cc2)cc1. The summed E-state index contributed by atoms with van der Waals surface area (Å²) in [6.07, 6.45) is -0.00130. The van der Waals surface area contributed by atoms with Crippen molar-refractivity contribution < 1.29 is 19.7 Å². The number of anilines is 1. The molecule has 0 amide bonds. The number of aliphatic hydroxyl groups is 1. The van der Waals surface area contributed by atoms with Gasteiger partial charge in [0.1, 0.15) is 18.5 Å². The molecule has 0 aliphatic heterocycles. The zero-order valence-electron chi connectivity index (χ0n) is 16.2. The molecule has 0 aliphatic rings. The monoisotopic (exact) mass is 371 g/mol. The number of carboxylic acids is 1. The van der Waals surface area contributed by atoms with Crippen LogP contribution in [-0.2, 0) is 16.6 Å². The van der Waals surface area contributed by atoms with Gasteiger partial charge in [0, 0.05) is 18.7 Å². The van der Waals surface area contributed by atoms with Crippen LogP contribution in [0.3, 0.4) is 0 Å². The number of aliphatic hydroxyl groups excluding tert-OH is 1. The molecule has 27 heavy (non-hydrogen) atoms. The molecule has 0 saturated carbocycles. The van der Waals surface area contributed by atoms with Crippen LogP contribution in [-0.4, -0.2) is 35.4 Å². The van der Waals surface area contributed by atoms with Crippen molar-refractivity contribution in [1.82, 2.24) is 0 Å². The number of carboxylic acid groups (broad SMARTS) is 1. The molecule has 1 atom stereocenters. The number of hydrogen-bond acceptors (Lipinski definition) is 4. The summed E-state index contributed by atoms with van der Waals surface area (Å²) in [5.41, 5.74) is 3.20. The van der Waals surface area contributed by atoms with Crippen LogP contribution in [0.1, 0.15) is 38.3 Å². The first-order valence-corrected chi connectivity index (χ1v) is 9.20. The number of aryl methyl sites for hydroxylation is 1. The molecule has 0 bridgehead atoms. The van der Waals surface area contributed by atoms with Crippen molar-refractivity contribution in [3.05, 3.63) is 59.7 Å². The highest BCUT2D eigenvalue weighted by Gasteiger charge is 2.13. The molecule has 0 spiro atoms. The third-order valence-corrected chi connectivity index (χ3v) is 4.29. The predicted molar refractivity (Wildman–Crippen MR) is 108 cm³/mol. The third-order valence-electron chi connectivity index (χ3n) is 4.29. The Morgan fingerprint density at radius 2 is 1.70 bits per heavy atom. The van der Waals surface area contributed by atoms with E-state index in [1.807, 2.05) is 48.5 Å². The van der Waals surface area contributed by atoms with Gasteiger partial charge in [-0.2, -0.15) is 0 Å². The molecule has 0 fully saturated rings. The number of carbonyl (C=O) groups is 1. The summed E-state index contributed by atoms with van der Waals surface area (Å²) in [6.45, 7) is 7.07. The fourth-order valence-electron chi connectivity index (χ4n) is 2.58. The number of ether oxygens (including phenoxy) is 1. The number of hydrogen-bond donors (Lipinski definition) is 3. The Bertz CT molecular complexity index is 717. The largest absolute Gasteiger partial charge is 0.491 e. The first-order chi connectivity index (χ1) is 12.7. The van der Waals surface area contributed by atoms with E-state index in [0.717, 1.165) is 17.0 Å². The van der Waals surface area contributed by atoms with Crippen LogP contribution in [0.5, 0.6) is 5.75 Å². The Hall–Kier alpha value is -2.53. The maximum Gasteiger partial charge on any atom is 0.303 e. The number of aliphatic carboxylic acids is 1. The lowest BCUT2D eigenvalue weighted by atomic mass is 9.87. The fraction of sp³-hybridized carbons (Fsp3) is 0.409. The molecule has 0 saturated heterocycles. The highest BCUT2D eigenvalue weighted by Crippen LogP contribution is 2.24. The Morgan fingerprint density at radius 3 is 2.26 bits per heavy atom.